The molecule has 0 unspecified atom stereocenters. The molecule has 1 heterocycles. The van der Waals surface area contributed by atoms with E-state index in [1.165, 1.54) is 5.01 Å². The minimum Gasteiger partial charge on any atom is -0.461 e. The van der Waals surface area contributed by atoms with Crippen molar-refractivity contribution >= 4 is 17.6 Å². The summed E-state index contributed by atoms with van der Waals surface area (Å²) in [5.74, 6) is -0.522. The fourth-order valence-corrected chi connectivity index (χ4v) is 2.62. The van der Waals surface area contributed by atoms with Crippen molar-refractivity contribution in [3.8, 4) is 0 Å². The normalized spacial score (nSPS) is 13.4. The van der Waals surface area contributed by atoms with Crippen molar-refractivity contribution in [1.29, 1.82) is 0 Å². The monoisotopic (exact) mass is 336 g/mol. The fraction of sp³-hybridized carbons (Fsp3) is 0.250. The molecule has 0 radical (unpaired) electrons. The molecule has 1 aliphatic heterocycles. The Balaban J connectivity index is 1.45. The highest BCUT2D eigenvalue weighted by molar-refractivity contribution is 6.02. The van der Waals surface area contributed by atoms with Gasteiger partial charge in [-0.25, -0.2) is 5.01 Å². The third kappa shape index (κ3) is 4.76. The van der Waals surface area contributed by atoms with Crippen LogP contribution < -0.4 is 0 Å². The number of carbonyl (C=O) groups is 2. The first-order valence-corrected chi connectivity index (χ1v) is 8.35. The minimum atomic E-state index is -0.372. The van der Waals surface area contributed by atoms with Crippen molar-refractivity contribution in [3.05, 3.63) is 71.8 Å². The zero-order chi connectivity index (χ0) is 17.5. The standard InChI is InChI=1S/C20H20N2O3/c23-19(11-12-20(24)25-15-16-7-3-1-4-8-16)22-14-13-18(21-22)17-9-5-2-6-10-17/h1-10H,11-15H2. The number of carbonyl (C=O) groups excluding carboxylic acids is 2. The summed E-state index contributed by atoms with van der Waals surface area (Å²) in [6, 6.07) is 19.3. The lowest BCUT2D eigenvalue weighted by Crippen LogP contribution is -2.24. The topological polar surface area (TPSA) is 59.0 Å². The van der Waals surface area contributed by atoms with Gasteiger partial charge in [0.25, 0.3) is 0 Å². The van der Waals surface area contributed by atoms with Crippen molar-refractivity contribution in [2.24, 2.45) is 5.10 Å². The predicted octanol–water partition coefficient (Wildman–Crippen LogP) is 3.15. The molecule has 5 heteroatoms. The summed E-state index contributed by atoms with van der Waals surface area (Å²) < 4.78 is 5.19. The third-order valence-corrected chi connectivity index (χ3v) is 3.98. The van der Waals surface area contributed by atoms with Crippen LogP contribution in [0.2, 0.25) is 0 Å². The minimum absolute atomic E-state index is 0.0678. The molecule has 0 atom stereocenters. The van der Waals surface area contributed by atoms with Gasteiger partial charge in [-0.3, -0.25) is 9.59 Å². The van der Waals surface area contributed by atoms with Gasteiger partial charge < -0.3 is 4.74 Å². The number of amides is 1. The van der Waals surface area contributed by atoms with Gasteiger partial charge in [0.05, 0.1) is 18.7 Å². The molecular formula is C20H20N2O3. The second-order valence-electron chi connectivity index (χ2n) is 5.83. The molecule has 5 nitrogen and oxygen atoms in total. The van der Waals surface area contributed by atoms with Gasteiger partial charge in [0.2, 0.25) is 5.91 Å². The van der Waals surface area contributed by atoms with Crippen LogP contribution in [0.15, 0.2) is 65.8 Å². The van der Waals surface area contributed by atoms with Crippen LogP contribution >= 0.6 is 0 Å². The quantitative estimate of drug-likeness (QED) is 0.762. The number of hydrogen-bond acceptors (Lipinski definition) is 4. The van der Waals surface area contributed by atoms with E-state index in [2.05, 4.69) is 5.10 Å². The first kappa shape index (κ1) is 16.9. The lowest BCUT2D eigenvalue weighted by atomic mass is 10.1. The Labute approximate surface area is 146 Å². The van der Waals surface area contributed by atoms with Crippen molar-refractivity contribution in [2.75, 3.05) is 6.54 Å². The summed E-state index contributed by atoms with van der Waals surface area (Å²) in [7, 11) is 0. The molecule has 2 aromatic rings. The number of ether oxygens (including phenoxy) is 1. The van der Waals surface area contributed by atoms with E-state index in [9.17, 15) is 9.59 Å². The van der Waals surface area contributed by atoms with Crippen molar-refractivity contribution < 1.29 is 14.3 Å². The largest absolute Gasteiger partial charge is 0.461 e. The van der Waals surface area contributed by atoms with E-state index in [4.69, 9.17) is 4.74 Å². The van der Waals surface area contributed by atoms with Crippen LogP contribution in [0.4, 0.5) is 0 Å². The summed E-state index contributed by atoms with van der Waals surface area (Å²) in [5, 5.41) is 5.83. The van der Waals surface area contributed by atoms with Crippen LogP contribution in [0.1, 0.15) is 30.4 Å². The van der Waals surface area contributed by atoms with E-state index in [0.29, 0.717) is 6.54 Å². The zero-order valence-electron chi connectivity index (χ0n) is 13.9. The van der Waals surface area contributed by atoms with E-state index in [1.54, 1.807) is 0 Å². The van der Waals surface area contributed by atoms with Gasteiger partial charge in [-0.1, -0.05) is 60.7 Å². The number of rotatable bonds is 6. The second kappa shape index (κ2) is 8.24. The third-order valence-electron chi connectivity index (χ3n) is 3.98. The van der Waals surface area contributed by atoms with Crippen LogP contribution in [-0.4, -0.2) is 29.1 Å². The van der Waals surface area contributed by atoms with Crippen LogP contribution in [0, 0.1) is 0 Å². The zero-order valence-corrected chi connectivity index (χ0v) is 13.9. The van der Waals surface area contributed by atoms with Crippen molar-refractivity contribution in [3.63, 3.8) is 0 Å². The molecule has 0 saturated carbocycles. The van der Waals surface area contributed by atoms with Gasteiger partial charge >= 0.3 is 5.97 Å². The number of nitrogens with zero attached hydrogens (tertiary/aromatic N) is 2. The van der Waals surface area contributed by atoms with Crippen molar-refractivity contribution in [1.82, 2.24) is 5.01 Å². The molecule has 0 N–H and O–H groups in total. The average molecular weight is 336 g/mol. The van der Waals surface area contributed by atoms with Gasteiger partial charge in [0, 0.05) is 12.8 Å². The highest BCUT2D eigenvalue weighted by Gasteiger charge is 2.22. The number of benzene rings is 2. The molecule has 0 aromatic heterocycles. The van der Waals surface area contributed by atoms with E-state index < -0.39 is 0 Å². The Morgan fingerprint density at radius 2 is 1.64 bits per heavy atom. The van der Waals surface area contributed by atoms with E-state index in [0.717, 1.165) is 23.3 Å². The molecule has 2 aromatic carbocycles. The first-order chi connectivity index (χ1) is 12.2. The van der Waals surface area contributed by atoms with Crippen molar-refractivity contribution in [2.45, 2.75) is 25.9 Å². The van der Waals surface area contributed by atoms with Gasteiger partial charge in [0.1, 0.15) is 6.61 Å². The molecule has 3 rings (SSSR count). The Hall–Kier alpha value is -2.95. The maximum absolute atomic E-state index is 12.2. The Morgan fingerprint density at radius 1 is 0.960 bits per heavy atom. The maximum Gasteiger partial charge on any atom is 0.306 e. The predicted molar refractivity (Wildman–Crippen MR) is 94.8 cm³/mol. The van der Waals surface area contributed by atoms with Gasteiger partial charge in [-0.15, -0.1) is 0 Å². The molecule has 1 aliphatic rings. The molecule has 0 aliphatic carbocycles. The van der Waals surface area contributed by atoms with Crippen LogP contribution in [0.3, 0.4) is 0 Å². The smallest absolute Gasteiger partial charge is 0.306 e. The highest BCUT2D eigenvalue weighted by atomic mass is 16.5. The summed E-state index contributed by atoms with van der Waals surface area (Å²) in [5.41, 5.74) is 2.86. The lowest BCUT2D eigenvalue weighted by molar-refractivity contribution is -0.147. The summed E-state index contributed by atoms with van der Waals surface area (Å²) in [4.78, 5) is 24.0. The van der Waals surface area contributed by atoms with E-state index in [1.807, 2.05) is 60.7 Å². The molecule has 0 spiro atoms. The van der Waals surface area contributed by atoms with E-state index >= 15 is 0 Å². The Morgan fingerprint density at radius 3 is 2.36 bits per heavy atom. The van der Waals surface area contributed by atoms with Gasteiger partial charge in [-0.2, -0.15) is 5.10 Å². The molecule has 128 valence electrons. The van der Waals surface area contributed by atoms with Gasteiger partial charge in [0.15, 0.2) is 0 Å². The number of esters is 1. The van der Waals surface area contributed by atoms with Gasteiger partial charge in [-0.05, 0) is 11.1 Å². The summed E-state index contributed by atoms with van der Waals surface area (Å²) >= 11 is 0. The van der Waals surface area contributed by atoms with Crippen LogP contribution in [0.5, 0.6) is 0 Å². The average Bonchev–Trinajstić information content (AvgIpc) is 3.16. The Kier molecular flexibility index (Phi) is 5.57. The molecular weight excluding hydrogens is 316 g/mol. The van der Waals surface area contributed by atoms with Crippen LogP contribution in [-0.2, 0) is 20.9 Å². The fourth-order valence-electron chi connectivity index (χ4n) is 2.62. The molecule has 0 bridgehead atoms. The van der Waals surface area contributed by atoms with E-state index in [-0.39, 0.29) is 31.3 Å². The maximum atomic E-state index is 12.2. The molecule has 1 amide bonds. The number of hydrazone groups is 1. The Bertz CT molecular complexity index is 757. The number of hydrogen-bond donors (Lipinski definition) is 0. The second-order valence-corrected chi connectivity index (χ2v) is 5.83. The summed E-state index contributed by atoms with van der Waals surface area (Å²) in [6.45, 7) is 0.788. The SMILES string of the molecule is O=C(CCC(=O)N1CCC(c2ccccc2)=N1)OCc1ccccc1. The highest BCUT2D eigenvalue weighted by Crippen LogP contribution is 2.15. The lowest BCUT2D eigenvalue weighted by Gasteiger charge is -2.11. The first-order valence-electron chi connectivity index (χ1n) is 8.35. The van der Waals surface area contributed by atoms with Crippen LogP contribution in [0.25, 0.3) is 0 Å². The molecule has 0 saturated heterocycles. The summed E-state index contributed by atoms with van der Waals surface area (Å²) in [6.07, 6.45) is 0.908. The molecule has 25 heavy (non-hydrogen) atoms. The molecule has 0 fully saturated rings.